The molecule has 2 unspecified atom stereocenters. The predicted molar refractivity (Wildman–Crippen MR) is 75.4 cm³/mol. The highest BCUT2D eigenvalue weighted by Gasteiger charge is 2.23. The van der Waals surface area contributed by atoms with Crippen molar-refractivity contribution in [1.29, 1.82) is 0 Å². The summed E-state index contributed by atoms with van der Waals surface area (Å²) in [6, 6.07) is 2.63. The third-order valence-corrected chi connectivity index (χ3v) is 3.58. The van der Waals surface area contributed by atoms with Gasteiger partial charge < -0.3 is 15.7 Å². The molecule has 0 saturated heterocycles. The number of urea groups is 1. The van der Waals surface area contributed by atoms with E-state index in [1.165, 1.54) is 4.88 Å². The van der Waals surface area contributed by atoms with Gasteiger partial charge in [-0.05, 0) is 24.3 Å². The van der Waals surface area contributed by atoms with Gasteiger partial charge in [0.25, 0.3) is 0 Å². The summed E-state index contributed by atoms with van der Waals surface area (Å²) < 4.78 is 0. The normalized spacial score (nSPS) is 13.9. The van der Waals surface area contributed by atoms with E-state index >= 15 is 0 Å². The van der Waals surface area contributed by atoms with E-state index in [4.69, 9.17) is 5.11 Å². The van der Waals surface area contributed by atoms with Crippen LogP contribution in [-0.2, 0) is 11.2 Å². The number of rotatable bonds is 6. The Morgan fingerprint density at radius 2 is 2.00 bits per heavy atom. The van der Waals surface area contributed by atoms with Crippen LogP contribution in [-0.4, -0.2) is 29.2 Å². The Hall–Kier alpha value is -1.56. The molecule has 0 spiro atoms. The van der Waals surface area contributed by atoms with Crippen LogP contribution in [0.4, 0.5) is 4.79 Å². The number of carbonyl (C=O) groups is 2. The molecule has 0 bridgehead atoms. The molecule has 0 fully saturated rings. The topological polar surface area (TPSA) is 78.4 Å². The van der Waals surface area contributed by atoms with Crippen molar-refractivity contribution in [1.82, 2.24) is 10.6 Å². The molecule has 1 rings (SSSR count). The monoisotopic (exact) mass is 284 g/mol. The Bertz CT molecular complexity index is 418. The lowest BCUT2D eigenvalue weighted by atomic mass is 10.1. The van der Waals surface area contributed by atoms with Gasteiger partial charge in [-0.3, -0.25) is 0 Å². The fourth-order valence-electron chi connectivity index (χ4n) is 1.70. The third kappa shape index (κ3) is 5.30. The van der Waals surface area contributed by atoms with E-state index in [2.05, 4.69) is 10.6 Å². The highest BCUT2D eigenvalue weighted by Crippen LogP contribution is 2.10. The van der Waals surface area contributed by atoms with Crippen molar-refractivity contribution in [2.24, 2.45) is 5.92 Å². The van der Waals surface area contributed by atoms with Crippen molar-refractivity contribution >= 4 is 23.3 Å². The van der Waals surface area contributed by atoms with E-state index in [1.807, 2.05) is 24.4 Å². The first-order valence-electron chi connectivity index (χ1n) is 6.22. The first-order valence-corrected chi connectivity index (χ1v) is 7.10. The maximum absolute atomic E-state index is 11.7. The zero-order valence-corrected chi connectivity index (χ0v) is 12.2. The number of hydrogen-bond acceptors (Lipinski definition) is 3. The van der Waals surface area contributed by atoms with Crippen LogP contribution in [0.5, 0.6) is 0 Å². The average molecular weight is 284 g/mol. The van der Waals surface area contributed by atoms with Gasteiger partial charge in [-0.1, -0.05) is 19.9 Å². The van der Waals surface area contributed by atoms with Gasteiger partial charge in [0.2, 0.25) is 0 Å². The van der Waals surface area contributed by atoms with Gasteiger partial charge in [0.15, 0.2) is 0 Å². The minimum atomic E-state index is -1.02. The van der Waals surface area contributed by atoms with Crippen LogP contribution in [0, 0.1) is 5.92 Å². The summed E-state index contributed by atoms with van der Waals surface area (Å²) in [4.78, 5) is 23.9. The van der Waals surface area contributed by atoms with E-state index in [0.717, 1.165) is 6.42 Å². The number of carboxylic acid groups (broad SMARTS) is 1. The molecule has 1 aromatic rings. The summed E-state index contributed by atoms with van der Waals surface area (Å²) in [5.41, 5.74) is 0. The minimum absolute atomic E-state index is 0.0414. The Kier molecular flexibility index (Phi) is 5.82. The van der Waals surface area contributed by atoms with Crippen LogP contribution in [0.15, 0.2) is 17.5 Å². The molecule has 0 aliphatic heterocycles. The zero-order valence-electron chi connectivity index (χ0n) is 11.3. The predicted octanol–water partition coefficient (Wildman–Crippen LogP) is 2.09. The highest BCUT2D eigenvalue weighted by molar-refractivity contribution is 7.09. The zero-order chi connectivity index (χ0) is 14.4. The lowest BCUT2D eigenvalue weighted by Gasteiger charge is -2.20. The summed E-state index contributed by atoms with van der Waals surface area (Å²) >= 11 is 1.64. The SMILES string of the molecule is CC(Cc1cccs1)NC(=O)NC(C(=O)O)C(C)C. The molecule has 0 aliphatic carbocycles. The smallest absolute Gasteiger partial charge is 0.326 e. The fraction of sp³-hybridized carbons (Fsp3) is 0.538. The average Bonchev–Trinajstić information content (AvgIpc) is 2.77. The minimum Gasteiger partial charge on any atom is -0.480 e. The van der Waals surface area contributed by atoms with Crippen LogP contribution in [0.3, 0.4) is 0 Å². The molecule has 0 aliphatic rings. The molecule has 0 saturated carbocycles. The van der Waals surface area contributed by atoms with Crippen LogP contribution < -0.4 is 10.6 Å². The third-order valence-electron chi connectivity index (χ3n) is 2.68. The van der Waals surface area contributed by atoms with Crippen molar-refractivity contribution in [2.75, 3.05) is 0 Å². The molecule has 2 amide bonds. The number of hydrogen-bond donors (Lipinski definition) is 3. The fourth-order valence-corrected chi connectivity index (χ4v) is 2.54. The van der Waals surface area contributed by atoms with Crippen molar-refractivity contribution in [2.45, 2.75) is 39.3 Å². The Morgan fingerprint density at radius 1 is 1.32 bits per heavy atom. The second kappa shape index (κ2) is 7.13. The van der Waals surface area contributed by atoms with E-state index in [1.54, 1.807) is 25.2 Å². The lowest BCUT2D eigenvalue weighted by Crippen LogP contribution is -2.50. The molecular weight excluding hydrogens is 264 g/mol. The molecule has 1 heterocycles. The molecule has 0 radical (unpaired) electrons. The molecule has 19 heavy (non-hydrogen) atoms. The number of carbonyl (C=O) groups excluding carboxylic acids is 1. The van der Waals surface area contributed by atoms with E-state index < -0.39 is 18.0 Å². The molecule has 3 N–H and O–H groups in total. The molecule has 1 aromatic heterocycles. The van der Waals surface area contributed by atoms with Gasteiger partial charge in [-0.25, -0.2) is 9.59 Å². The number of aliphatic carboxylic acids is 1. The van der Waals surface area contributed by atoms with Crippen LogP contribution in [0.2, 0.25) is 0 Å². The van der Waals surface area contributed by atoms with Gasteiger partial charge in [0, 0.05) is 17.3 Å². The lowest BCUT2D eigenvalue weighted by molar-refractivity contribution is -0.140. The van der Waals surface area contributed by atoms with Gasteiger partial charge in [0.05, 0.1) is 0 Å². The maximum Gasteiger partial charge on any atom is 0.326 e. The molecule has 2 atom stereocenters. The number of carboxylic acids is 1. The number of thiophene rings is 1. The summed E-state index contributed by atoms with van der Waals surface area (Å²) in [5, 5.41) is 16.2. The first kappa shape index (κ1) is 15.5. The Morgan fingerprint density at radius 3 is 2.47 bits per heavy atom. The summed E-state index contributed by atoms with van der Waals surface area (Å²) in [6.45, 7) is 5.41. The molecule has 6 heteroatoms. The van der Waals surface area contributed by atoms with Crippen LogP contribution in [0.25, 0.3) is 0 Å². The van der Waals surface area contributed by atoms with Crippen molar-refractivity contribution in [3.05, 3.63) is 22.4 Å². The van der Waals surface area contributed by atoms with Gasteiger partial charge in [0.1, 0.15) is 6.04 Å². The van der Waals surface area contributed by atoms with Crippen LogP contribution >= 0.6 is 11.3 Å². The Balaban J connectivity index is 2.43. The van der Waals surface area contributed by atoms with Crippen molar-refractivity contribution < 1.29 is 14.7 Å². The summed E-state index contributed by atoms with van der Waals surface area (Å²) in [5.74, 6) is -1.17. The molecule has 5 nitrogen and oxygen atoms in total. The molecular formula is C13H20N2O3S. The van der Waals surface area contributed by atoms with E-state index in [9.17, 15) is 9.59 Å². The molecule has 0 aromatic carbocycles. The van der Waals surface area contributed by atoms with Crippen LogP contribution in [0.1, 0.15) is 25.6 Å². The van der Waals surface area contributed by atoms with Gasteiger partial charge >= 0.3 is 12.0 Å². The standard InChI is InChI=1S/C13H20N2O3S/c1-8(2)11(12(16)17)15-13(18)14-9(3)7-10-5-4-6-19-10/h4-6,8-9,11H,7H2,1-3H3,(H,16,17)(H2,14,15,18). The first-order chi connectivity index (χ1) is 8.90. The largest absolute Gasteiger partial charge is 0.480 e. The van der Waals surface area contributed by atoms with Gasteiger partial charge in [-0.15, -0.1) is 11.3 Å². The number of amides is 2. The quantitative estimate of drug-likeness (QED) is 0.748. The second-order valence-electron chi connectivity index (χ2n) is 4.86. The summed E-state index contributed by atoms with van der Waals surface area (Å²) in [6.07, 6.45) is 0.741. The van der Waals surface area contributed by atoms with E-state index in [0.29, 0.717) is 0 Å². The summed E-state index contributed by atoms with van der Waals surface area (Å²) in [7, 11) is 0. The molecule has 106 valence electrons. The van der Waals surface area contributed by atoms with Crippen molar-refractivity contribution in [3.8, 4) is 0 Å². The maximum atomic E-state index is 11.7. The van der Waals surface area contributed by atoms with E-state index in [-0.39, 0.29) is 12.0 Å². The van der Waals surface area contributed by atoms with Crippen molar-refractivity contribution in [3.63, 3.8) is 0 Å². The Labute approximate surface area is 117 Å². The highest BCUT2D eigenvalue weighted by atomic mass is 32.1. The number of nitrogens with one attached hydrogen (secondary N) is 2. The second-order valence-corrected chi connectivity index (χ2v) is 5.89. The van der Waals surface area contributed by atoms with Gasteiger partial charge in [-0.2, -0.15) is 0 Å².